The lowest BCUT2D eigenvalue weighted by Gasteiger charge is -2.33. The Balaban J connectivity index is 1.53. The van der Waals surface area contributed by atoms with Gasteiger partial charge in [-0.15, -0.1) is 11.3 Å². The van der Waals surface area contributed by atoms with Crippen LogP contribution in [-0.4, -0.2) is 41.3 Å². The van der Waals surface area contributed by atoms with Crippen molar-refractivity contribution in [3.63, 3.8) is 0 Å². The van der Waals surface area contributed by atoms with Crippen molar-refractivity contribution in [2.24, 2.45) is 0 Å². The Morgan fingerprint density at radius 2 is 1.96 bits per heavy atom. The molecule has 0 saturated carbocycles. The summed E-state index contributed by atoms with van der Waals surface area (Å²) in [4.78, 5) is 30.8. The topological polar surface area (TPSA) is 62.3 Å². The maximum absolute atomic E-state index is 13.0. The molecule has 1 saturated heterocycles. The molecule has 2 heterocycles. The summed E-state index contributed by atoms with van der Waals surface area (Å²) in [6.07, 6.45) is 3.53. The molecule has 1 aromatic carbocycles. The number of hydrogen-bond donors (Lipinski definition) is 1. The number of piperidine rings is 1. The Morgan fingerprint density at radius 1 is 1.25 bits per heavy atom. The summed E-state index contributed by atoms with van der Waals surface area (Å²) >= 11 is 1.70. The molecule has 2 amide bonds. The molecule has 1 aromatic heterocycles. The number of carbonyl (C=O) groups excluding carboxylic acids is 2. The average Bonchev–Trinajstić information content (AvgIpc) is 3.18. The minimum Gasteiger partial charge on any atom is -0.356 e. The van der Waals surface area contributed by atoms with E-state index in [1.807, 2.05) is 23.1 Å². The van der Waals surface area contributed by atoms with Crippen LogP contribution < -0.4 is 5.32 Å². The van der Waals surface area contributed by atoms with E-state index >= 15 is 0 Å². The van der Waals surface area contributed by atoms with Crippen molar-refractivity contribution >= 4 is 23.2 Å². The third kappa shape index (κ3) is 5.19. The van der Waals surface area contributed by atoms with E-state index in [1.54, 1.807) is 11.3 Å². The van der Waals surface area contributed by atoms with Crippen LogP contribution in [0.15, 0.2) is 35.7 Å². The molecule has 0 radical (unpaired) electrons. The summed E-state index contributed by atoms with van der Waals surface area (Å²) < 4.78 is 0. The molecule has 0 bridgehead atoms. The van der Waals surface area contributed by atoms with Crippen LogP contribution in [0.25, 0.3) is 0 Å². The molecule has 1 N–H and O–H groups in total. The van der Waals surface area contributed by atoms with Crippen molar-refractivity contribution < 1.29 is 9.59 Å². The van der Waals surface area contributed by atoms with E-state index < -0.39 is 0 Å². The standard InChI is InChI=1S/C22H29N3O2S/c1-3-20(17-7-5-4-6-8-17)22(27)25-13-10-18(11-14-25)21-24-19(15-28-21)9-12-23-16(2)26/h4-8,15,18,20H,3,9-14H2,1-2H3,(H,23,26). The number of likely N-dealkylation sites (tertiary alicyclic amines) is 1. The first-order valence-corrected chi connectivity index (χ1v) is 11.0. The normalized spacial score (nSPS) is 16.0. The van der Waals surface area contributed by atoms with Crippen LogP contribution in [0.2, 0.25) is 0 Å². The predicted octanol–water partition coefficient (Wildman–Crippen LogP) is 3.72. The zero-order chi connectivity index (χ0) is 19.9. The van der Waals surface area contributed by atoms with Crippen LogP contribution in [0.5, 0.6) is 0 Å². The minimum atomic E-state index is -0.0435. The molecule has 1 atom stereocenters. The number of thiazole rings is 1. The number of carbonyl (C=O) groups is 2. The summed E-state index contributed by atoms with van der Waals surface area (Å²) in [6.45, 7) is 5.84. The van der Waals surface area contributed by atoms with Gasteiger partial charge >= 0.3 is 0 Å². The van der Waals surface area contributed by atoms with Gasteiger partial charge in [0.1, 0.15) is 0 Å². The molecule has 1 fully saturated rings. The number of rotatable bonds is 7. The van der Waals surface area contributed by atoms with Crippen LogP contribution in [0.4, 0.5) is 0 Å². The summed E-state index contributed by atoms with van der Waals surface area (Å²) in [5, 5.41) is 6.07. The number of aromatic nitrogens is 1. The molecule has 0 aliphatic carbocycles. The van der Waals surface area contributed by atoms with Crippen molar-refractivity contribution in [1.29, 1.82) is 0 Å². The third-order valence-corrected chi connectivity index (χ3v) is 6.44. The average molecular weight is 400 g/mol. The quantitative estimate of drug-likeness (QED) is 0.772. The smallest absolute Gasteiger partial charge is 0.230 e. The molecule has 1 aliphatic heterocycles. The number of nitrogens with one attached hydrogen (secondary N) is 1. The summed E-state index contributed by atoms with van der Waals surface area (Å²) in [5.74, 6) is 0.633. The molecule has 150 valence electrons. The van der Waals surface area contributed by atoms with Gasteiger partial charge in [0.25, 0.3) is 0 Å². The second-order valence-electron chi connectivity index (χ2n) is 7.38. The lowest BCUT2D eigenvalue weighted by Crippen LogP contribution is -2.40. The Kier molecular flexibility index (Phi) is 7.20. The minimum absolute atomic E-state index is 0.00613. The molecule has 0 spiro atoms. The third-order valence-electron chi connectivity index (χ3n) is 5.39. The highest BCUT2D eigenvalue weighted by Gasteiger charge is 2.29. The molecule has 1 unspecified atom stereocenters. The lowest BCUT2D eigenvalue weighted by atomic mass is 9.92. The van der Waals surface area contributed by atoms with Gasteiger partial charge in [0.05, 0.1) is 16.6 Å². The Bertz CT molecular complexity index is 782. The fourth-order valence-corrected chi connectivity index (χ4v) is 4.82. The maximum Gasteiger partial charge on any atom is 0.230 e. The highest BCUT2D eigenvalue weighted by atomic mass is 32.1. The molecular formula is C22H29N3O2S. The molecule has 1 aliphatic rings. The number of benzene rings is 1. The predicted molar refractivity (Wildman–Crippen MR) is 113 cm³/mol. The monoisotopic (exact) mass is 399 g/mol. The van der Waals surface area contributed by atoms with Crippen molar-refractivity contribution in [3.05, 3.63) is 52.0 Å². The first kappa shape index (κ1) is 20.5. The lowest BCUT2D eigenvalue weighted by molar-refractivity contribution is -0.134. The van der Waals surface area contributed by atoms with Gasteiger partial charge in [0.15, 0.2) is 0 Å². The number of amides is 2. The van der Waals surface area contributed by atoms with E-state index in [1.165, 1.54) is 11.9 Å². The molecule has 2 aromatic rings. The Labute approximate surface area is 171 Å². The Morgan fingerprint density at radius 3 is 2.61 bits per heavy atom. The van der Waals surface area contributed by atoms with Gasteiger partial charge < -0.3 is 10.2 Å². The van der Waals surface area contributed by atoms with E-state index in [9.17, 15) is 9.59 Å². The van der Waals surface area contributed by atoms with Gasteiger partial charge in [-0.05, 0) is 24.8 Å². The van der Waals surface area contributed by atoms with Crippen LogP contribution in [0.3, 0.4) is 0 Å². The fraction of sp³-hybridized carbons (Fsp3) is 0.500. The van der Waals surface area contributed by atoms with E-state index in [2.05, 4.69) is 29.8 Å². The van der Waals surface area contributed by atoms with Gasteiger partial charge in [-0.1, -0.05) is 37.3 Å². The molecule has 6 heteroatoms. The van der Waals surface area contributed by atoms with E-state index in [0.29, 0.717) is 12.5 Å². The van der Waals surface area contributed by atoms with Gasteiger partial charge in [-0.25, -0.2) is 4.98 Å². The first-order chi connectivity index (χ1) is 13.6. The first-order valence-electron chi connectivity index (χ1n) is 10.1. The fourth-order valence-electron chi connectivity index (χ4n) is 3.80. The van der Waals surface area contributed by atoms with Crippen LogP contribution >= 0.6 is 11.3 Å². The molecule has 3 rings (SSSR count). The number of nitrogens with zero attached hydrogens (tertiary/aromatic N) is 2. The zero-order valence-corrected chi connectivity index (χ0v) is 17.5. The van der Waals surface area contributed by atoms with Crippen molar-refractivity contribution in [1.82, 2.24) is 15.2 Å². The summed E-state index contributed by atoms with van der Waals surface area (Å²) in [5.41, 5.74) is 2.16. The van der Waals surface area contributed by atoms with Crippen molar-refractivity contribution in [3.8, 4) is 0 Å². The van der Waals surface area contributed by atoms with Gasteiger partial charge in [0.2, 0.25) is 11.8 Å². The van der Waals surface area contributed by atoms with Crippen LogP contribution in [-0.2, 0) is 16.0 Å². The highest BCUT2D eigenvalue weighted by molar-refractivity contribution is 7.09. The van der Waals surface area contributed by atoms with Gasteiger partial charge in [-0.3, -0.25) is 9.59 Å². The molecular weight excluding hydrogens is 370 g/mol. The maximum atomic E-state index is 13.0. The molecule has 28 heavy (non-hydrogen) atoms. The Hall–Kier alpha value is -2.21. The SMILES string of the molecule is CCC(C(=O)N1CCC(c2nc(CCNC(C)=O)cs2)CC1)c1ccccc1. The largest absolute Gasteiger partial charge is 0.356 e. The zero-order valence-electron chi connectivity index (χ0n) is 16.7. The van der Waals surface area contributed by atoms with Crippen LogP contribution in [0, 0.1) is 0 Å². The van der Waals surface area contributed by atoms with E-state index in [4.69, 9.17) is 4.98 Å². The van der Waals surface area contributed by atoms with Gasteiger partial charge in [-0.2, -0.15) is 0 Å². The van der Waals surface area contributed by atoms with Crippen LogP contribution in [0.1, 0.15) is 61.2 Å². The van der Waals surface area contributed by atoms with Gasteiger partial charge in [0, 0.05) is 44.3 Å². The number of hydrogen-bond acceptors (Lipinski definition) is 4. The van der Waals surface area contributed by atoms with Crippen molar-refractivity contribution in [2.45, 2.75) is 51.4 Å². The molecule has 5 nitrogen and oxygen atoms in total. The highest BCUT2D eigenvalue weighted by Crippen LogP contribution is 2.32. The van der Waals surface area contributed by atoms with E-state index in [0.717, 1.165) is 50.0 Å². The van der Waals surface area contributed by atoms with Crippen molar-refractivity contribution in [2.75, 3.05) is 19.6 Å². The second kappa shape index (κ2) is 9.82. The summed E-state index contributed by atoms with van der Waals surface area (Å²) in [7, 11) is 0. The van der Waals surface area contributed by atoms with E-state index in [-0.39, 0.29) is 17.7 Å². The summed E-state index contributed by atoms with van der Waals surface area (Å²) in [6, 6.07) is 10.1. The second-order valence-corrected chi connectivity index (χ2v) is 8.27.